The molecule has 0 spiro atoms. The van der Waals surface area contributed by atoms with Gasteiger partial charge in [-0.1, -0.05) is 6.07 Å². The Kier molecular flexibility index (Phi) is 3.67. The van der Waals surface area contributed by atoms with Gasteiger partial charge in [-0.3, -0.25) is 9.20 Å². The number of aryl methyl sites for hydroxylation is 1. The van der Waals surface area contributed by atoms with Crippen LogP contribution in [-0.2, 0) is 0 Å². The summed E-state index contributed by atoms with van der Waals surface area (Å²) in [6.07, 6.45) is 2.91. The predicted octanol–water partition coefficient (Wildman–Crippen LogP) is 3.91. The van der Waals surface area contributed by atoms with Gasteiger partial charge in [-0.25, -0.2) is 4.98 Å². The molecule has 1 aromatic carbocycles. The quantitative estimate of drug-likeness (QED) is 0.685. The van der Waals surface area contributed by atoms with Crippen molar-refractivity contribution in [2.75, 3.05) is 0 Å². The SMILES string of the molecule is Cc1ccc2nc(-c3ccc(OC(C)C)cc3)c(C=O)n2c1. The number of rotatable bonds is 4. The molecule has 112 valence electrons. The molecule has 3 rings (SSSR count). The minimum Gasteiger partial charge on any atom is -0.491 e. The molecule has 2 heterocycles. The van der Waals surface area contributed by atoms with E-state index in [2.05, 4.69) is 4.98 Å². The van der Waals surface area contributed by atoms with Crippen molar-refractivity contribution in [2.45, 2.75) is 26.9 Å². The van der Waals surface area contributed by atoms with E-state index in [4.69, 9.17) is 4.74 Å². The summed E-state index contributed by atoms with van der Waals surface area (Å²) in [7, 11) is 0. The predicted molar refractivity (Wildman–Crippen MR) is 86.5 cm³/mol. The normalized spacial score (nSPS) is 11.1. The van der Waals surface area contributed by atoms with Crippen molar-refractivity contribution in [1.82, 2.24) is 9.38 Å². The highest BCUT2D eigenvalue weighted by Gasteiger charge is 2.13. The average Bonchev–Trinajstić information content (AvgIpc) is 2.85. The maximum atomic E-state index is 11.5. The van der Waals surface area contributed by atoms with Gasteiger partial charge in [0.15, 0.2) is 6.29 Å². The number of hydrogen-bond donors (Lipinski definition) is 0. The van der Waals surface area contributed by atoms with Crippen LogP contribution in [0.1, 0.15) is 29.9 Å². The lowest BCUT2D eigenvalue weighted by atomic mass is 10.1. The van der Waals surface area contributed by atoms with Crippen LogP contribution in [0.4, 0.5) is 0 Å². The average molecular weight is 294 g/mol. The van der Waals surface area contributed by atoms with E-state index in [1.165, 1.54) is 0 Å². The van der Waals surface area contributed by atoms with Crippen LogP contribution < -0.4 is 4.74 Å². The molecule has 0 saturated carbocycles. The Balaban J connectivity index is 2.07. The Bertz CT molecular complexity index is 817. The first-order valence-corrected chi connectivity index (χ1v) is 7.29. The number of pyridine rings is 1. The molecule has 0 bridgehead atoms. The second-order valence-corrected chi connectivity index (χ2v) is 5.59. The van der Waals surface area contributed by atoms with Gasteiger partial charge in [0.05, 0.1) is 6.10 Å². The second-order valence-electron chi connectivity index (χ2n) is 5.59. The van der Waals surface area contributed by atoms with Gasteiger partial charge in [0, 0.05) is 11.8 Å². The second kappa shape index (κ2) is 5.64. The number of carbonyl (C=O) groups is 1. The lowest BCUT2D eigenvalue weighted by Crippen LogP contribution is -2.05. The summed E-state index contributed by atoms with van der Waals surface area (Å²) < 4.78 is 7.47. The van der Waals surface area contributed by atoms with Crippen LogP contribution in [0.25, 0.3) is 16.9 Å². The molecule has 0 radical (unpaired) electrons. The van der Waals surface area contributed by atoms with Crippen molar-refractivity contribution >= 4 is 11.9 Å². The van der Waals surface area contributed by atoms with Crippen LogP contribution in [0.3, 0.4) is 0 Å². The summed E-state index contributed by atoms with van der Waals surface area (Å²) in [4.78, 5) is 16.1. The van der Waals surface area contributed by atoms with Crippen molar-refractivity contribution in [1.29, 1.82) is 0 Å². The van der Waals surface area contributed by atoms with Gasteiger partial charge in [-0.15, -0.1) is 0 Å². The lowest BCUT2D eigenvalue weighted by Gasteiger charge is -2.09. The number of nitrogens with zero attached hydrogens (tertiary/aromatic N) is 2. The molecular formula is C18H18N2O2. The standard InChI is InChI=1S/C18H18N2O2/c1-12(2)22-15-7-5-14(6-8-15)18-16(11-21)20-10-13(3)4-9-17(20)19-18/h4-12H,1-3H3. The Morgan fingerprint density at radius 3 is 2.50 bits per heavy atom. The van der Waals surface area contributed by atoms with Gasteiger partial charge in [0.1, 0.15) is 22.8 Å². The maximum absolute atomic E-state index is 11.5. The van der Waals surface area contributed by atoms with Crippen LogP contribution in [-0.4, -0.2) is 21.8 Å². The fourth-order valence-corrected chi connectivity index (χ4v) is 2.46. The molecule has 0 saturated heterocycles. The fourth-order valence-electron chi connectivity index (χ4n) is 2.46. The summed E-state index contributed by atoms with van der Waals surface area (Å²) in [6, 6.07) is 11.6. The highest BCUT2D eigenvalue weighted by atomic mass is 16.5. The van der Waals surface area contributed by atoms with Crippen LogP contribution >= 0.6 is 0 Å². The molecule has 0 unspecified atom stereocenters. The van der Waals surface area contributed by atoms with E-state index in [1.807, 2.05) is 67.8 Å². The number of aldehydes is 1. The van der Waals surface area contributed by atoms with Crippen molar-refractivity contribution in [3.05, 3.63) is 53.9 Å². The van der Waals surface area contributed by atoms with Crippen molar-refractivity contribution < 1.29 is 9.53 Å². The number of fused-ring (bicyclic) bond motifs is 1. The van der Waals surface area contributed by atoms with Crippen LogP contribution in [0.2, 0.25) is 0 Å². The Hall–Kier alpha value is -2.62. The van der Waals surface area contributed by atoms with Crippen LogP contribution in [0.15, 0.2) is 42.6 Å². The van der Waals surface area contributed by atoms with Gasteiger partial charge < -0.3 is 4.74 Å². The maximum Gasteiger partial charge on any atom is 0.169 e. The molecule has 0 aliphatic heterocycles. The van der Waals surface area contributed by atoms with Crippen LogP contribution in [0, 0.1) is 6.92 Å². The summed E-state index contributed by atoms with van der Waals surface area (Å²) >= 11 is 0. The van der Waals surface area contributed by atoms with Gasteiger partial charge in [-0.05, 0) is 56.7 Å². The lowest BCUT2D eigenvalue weighted by molar-refractivity contribution is 0.111. The van der Waals surface area contributed by atoms with Crippen molar-refractivity contribution in [3.63, 3.8) is 0 Å². The van der Waals surface area contributed by atoms with E-state index in [1.54, 1.807) is 0 Å². The summed E-state index contributed by atoms with van der Waals surface area (Å²) in [5.74, 6) is 0.811. The third-order valence-corrected chi connectivity index (χ3v) is 3.41. The van der Waals surface area contributed by atoms with Gasteiger partial charge in [0.2, 0.25) is 0 Å². The molecule has 4 heteroatoms. The van der Waals surface area contributed by atoms with Crippen LogP contribution in [0.5, 0.6) is 5.75 Å². The van der Waals surface area contributed by atoms with Gasteiger partial charge in [0.25, 0.3) is 0 Å². The Morgan fingerprint density at radius 1 is 1.14 bits per heavy atom. The smallest absolute Gasteiger partial charge is 0.169 e. The van der Waals surface area contributed by atoms with Gasteiger partial charge >= 0.3 is 0 Å². The Morgan fingerprint density at radius 2 is 1.86 bits per heavy atom. The number of carbonyl (C=O) groups excluding carboxylic acids is 1. The fraction of sp³-hybridized carbons (Fsp3) is 0.222. The largest absolute Gasteiger partial charge is 0.491 e. The first-order valence-electron chi connectivity index (χ1n) is 7.29. The van der Waals surface area contributed by atoms with E-state index in [0.29, 0.717) is 11.4 Å². The highest BCUT2D eigenvalue weighted by Crippen LogP contribution is 2.26. The molecule has 0 aliphatic carbocycles. The molecule has 4 nitrogen and oxygen atoms in total. The van der Waals surface area contributed by atoms with Crippen molar-refractivity contribution in [3.8, 4) is 17.0 Å². The molecule has 0 atom stereocenters. The van der Waals surface area contributed by atoms with E-state index in [9.17, 15) is 4.79 Å². The molecule has 3 aromatic rings. The zero-order valence-electron chi connectivity index (χ0n) is 12.9. The minimum atomic E-state index is 0.134. The molecule has 22 heavy (non-hydrogen) atoms. The molecule has 0 N–H and O–H groups in total. The third kappa shape index (κ3) is 2.60. The number of ether oxygens (including phenoxy) is 1. The number of aromatic nitrogens is 2. The molecule has 0 amide bonds. The Labute approximate surface area is 129 Å². The molecule has 0 fully saturated rings. The molecular weight excluding hydrogens is 276 g/mol. The summed E-state index contributed by atoms with van der Waals surface area (Å²) in [5.41, 5.74) is 4.01. The minimum absolute atomic E-state index is 0.134. The van der Waals surface area contributed by atoms with E-state index in [-0.39, 0.29) is 6.10 Å². The monoisotopic (exact) mass is 294 g/mol. The zero-order chi connectivity index (χ0) is 15.7. The van der Waals surface area contributed by atoms with E-state index >= 15 is 0 Å². The number of hydrogen-bond acceptors (Lipinski definition) is 3. The molecule has 2 aromatic heterocycles. The highest BCUT2D eigenvalue weighted by molar-refractivity contribution is 5.86. The first-order chi connectivity index (χ1) is 10.6. The topological polar surface area (TPSA) is 43.6 Å². The summed E-state index contributed by atoms with van der Waals surface area (Å²) in [6.45, 7) is 5.97. The first kappa shape index (κ1) is 14.3. The number of imidazole rings is 1. The zero-order valence-corrected chi connectivity index (χ0v) is 12.9. The van der Waals surface area contributed by atoms with E-state index in [0.717, 1.165) is 28.8 Å². The van der Waals surface area contributed by atoms with E-state index < -0.39 is 0 Å². The summed E-state index contributed by atoms with van der Waals surface area (Å²) in [5, 5.41) is 0. The van der Waals surface area contributed by atoms with Gasteiger partial charge in [-0.2, -0.15) is 0 Å². The third-order valence-electron chi connectivity index (χ3n) is 3.41. The molecule has 0 aliphatic rings. The van der Waals surface area contributed by atoms with Crippen molar-refractivity contribution in [2.24, 2.45) is 0 Å². The number of benzene rings is 1.